The van der Waals surface area contributed by atoms with Gasteiger partial charge in [0, 0.05) is 38.3 Å². The van der Waals surface area contributed by atoms with E-state index in [0.29, 0.717) is 56.0 Å². The van der Waals surface area contributed by atoms with E-state index in [1.54, 1.807) is 0 Å². The lowest BCUT2D eigenvalue weighted by Gasteiger charge is -2.71. The Bertz CT molecular complexity index is 961. The van der Waals surface area contributed by atoms with E-state index < -0.39 is 22.7 Å². The number of ether oxygens (including phenoxy) is 4. The van der Waals surface area contributed by atoms with Gasteiger partial charge in [0.25, 0.3) is 5.79 Å². The number of hydrogen-bond acceptors (Lipinski definition) is 6. The van der Waals surface area contributed by atoms with Crippen molar-refractivity contribution >= 4 is 0 Å². The first-order valence-electron chi connectivity index (χ1n) is 17.9. The fourth-order valence-corrected chi connectivity index (χ4v) is 11.4. The number of fused-ring (bicyclic) bond motifs is 5. The van der Waals surface area contributed by atoms with Crippen molar-refractivity contribution in [2.45, 2.75) is 137 Å². The maximum atomic E-state index is 12.6. The lowest BCUT2D eigenvalue weighted by Crippen LogP contribution is -2.85. The number of nitrogens with zero attached hydrogens (tertiary/aromatic N) is 1. The summed E-state index contributed by atoms with van der Waals surface area (Å²) in [5, 5.41) is 12.6. The van der Waals surface area contributed by atoms with Crippen LogP contribution in [-0.4, -0.2) is 67.8 Å². The van der Waals surface area contributed by atoms with E-state index in [2.05, 4.69) is 66.6 Å². The molecule has 0 aromatic carbocycles. The Balaban J connectivity index is 1.82. The summed E-state index contributed by atoms with van der Waals surface area (Å²) >= 11 is 0. The summed E-state index contributed by atoms with van der Waals surface area (Å²) in [7, 11) is 4.15. The minimum Gasteiger partial charge on any atom is -0.361 e. The molecule has 9 atom stereocenters. The Morgan fingerprint density at radius 2 is 1.49 bits per heavy atom. The number of rotatable bonds is 14. The topological polar surface area (TPSA) is 60.4 Å². The molecule has 1 N–H and O–H groups in total. The third-order valence-corrected chi connectivity index (χ3v) is 12.8. The predicted molar refractivity (Wildman–Crippen MR) is 174 cm³/mol. The summed E-state index contributed by atoms with van der Waals surface area (Å²) < 4.78 is 26.8. The highest BCUT2D eigenvalue weighted by Gasteiger charge is 2.81. The summed E-state index contributed by atoms with van der Waals surface area (Å²) in [4.78, 5) is 2.16. The average Bonchev–Trinajstić information content (AvgIpc) is 3.29. The molecule has 4 aliphatic carbocycles. The van der Waals surface area contributed by atoms with E-state index >= 15 is 0 Å². The third kappa shape index (κ3) is 5.21. The van der Waals surface area contributed by atoms with E-state index in [1.165, 1.54) is 44.1 Å². The fourth-order valence-electron chi connectivity index (χ4n) is 11.4. The molecule has 2 unspecified atom stereocenters. The summed E-state index contributed by atoms with van der Waals surface area (Å²) in [6.45, 7) is 21.8. The van der Waals surface area contributed by atoms with Gasteiger partial charge >= 0.3 is 0 Å². The number of hydrogen-bond donors (Lipinski definition) is 1. The van der Waals surface area contributed by atoms with Gasteiger partial charge in [0.1, 0.15) is 0 Å². The number of aliphatic hydroxyl groups is 1. The molecule has 0 heterocycles. The van der Waals surface area contributed by atoms with Crippen LogP contribution in [0.1, 0.15) is 120 Å². The molecule has 0 spiro atoms. The monoisotopic (exact) mass is 606 g/mol. The second-order valence-corrected chi connectivity index (χ2v) is 15.4. The largest absolute Gasteiger partial charge is 0.361 e. The van der Waals surface area contributed by atoms with Crippen LogP contribution in [-0.2, 0) is 18.9 Å². The van der Waals surface area contributed by atoms with E-state index in [0.717, 1.165) is 30.6 Å². The standard InChI is InChI=1S/C37H67NO5/c1-12-40-35(39)25-28-19-20-29-31-22-21-30(27(7)18-16-17-26(5)6)33(31,8)24-23-32(29)34(28,9)36(38(10)11,41-13-2)37(35,42-14-3)43-15-4/h19,26-27,29-32,39H,12-18,20-25H2,1-11H3/t27-,29+,30-,31+,32+,33-,34+,35?,36?/m1/s1. The quantitative estimate of drug-likeness (QED) is 0.160. The maximum Gasteiger partial charge on any atom is 0.269 e. The average molecular weight is 606 g/mol. The molecule has 6 nitrogen and oxygen atoms in total. The van der Waals surface area contributed by atoms with Crippen LogP contribution in [0.5, 0.6) is 0 Å². The zero-order valence-corrected chi connectivity index (χ0v) is 29.8. The summed E-state index contributed by atoms with van der Waals surface area (Å²) in [5.41, 5.74) is 0.0749. The van der Waals surface area contributed by atoms with Crippen molar-refractivity contribution in [3.05, 3.63) is 11.6 Å². The molecule has 0 aromatic rings. The van der Waals surface area contributed by atoms with Crippen molar-refractivity contribution in [2.75, 3.05) is 40.5 Å². The second-order valence-electron chi connectivity index (χ2n) is 15.4. The lowest BCUT2D eigenvalue weighted by molar-refractivity contribution is -0.496. The van der Waals surface area contributed by atoms with Crippen LogP contribution in [0.15, 0.2) is 11.6 Å². The van der Waals surface area contributed by atoms with Crippen molar-refractivity contribution in [2.24, 2.45) is 46.3 Å². The first-order chi connectivity index (χ1) is 20.3. The normalized spacial score (nSPS) is 41.1. The zero-order chi connectivity index (χ0) is 31.8. The van der Waals surface area contributed by atoms with Crippen LogP contribution < -0.4 is 0 Å². The molecule has 0 saturated heterocycles. The molecule has 3 saturated carbocycles. The van der Waals surface area contributed by atoms with Crippen LogP contribution in [0.25, 0.3) is 0 Å². The van der Waals surface area contributed by atoms with Crippen molar-refractivity contribution in [1.29, 1.82) is 0 Å². The minimum atomic E-state index is -1.70. The van der Waals surface area contributed by atoms with Gasteiger partial charge in [0.15, 0.2) is 5.72 Å². The molecule has 6 heteroatoms. The second kappa shape index (κ2) is 13.3. The summed E-state index contributed by atoms with van der Waals surface area (Å²) in [5.74, 6) is 0.794. The molecule has 0 amide bonds. The van der Waals surface area contributed by atoms with E-state index in [4.69, 9.17) is 18.9 Å². The SMILES string of the molecule is CCOC1(O)CC2=CC[C@H]3[C@@H]4CC[C@H]([C@H](C)CCCC(C)C)[C@@]4(C)CC[C@@H]3[C@@]2(C)C(OCC)(N(C)C)C1(OCC)OCC. The van der Waals surface area contributed by atoms with Gasteiger partial charge in [0.05, 0.1) is 0 Å². The van der Waals surface area contributed by atoms with Crippen molar-refractivity contribution in [3.8, 4) is 0 Å². The number of allylic oxidation sites excluding steroid dienone is 1. The Kier molecular flexibility index (Phi) is 10.9. The Morgan fingerprint density at radius 3 is 2.05 bits per heavy atom. The Labute approximate surface area is 264 Å². The minimum absolute atomic E-state index is 0.348. The van der Waals surface area contributed by atoms with Crippen molar-refractivity contribution in [1.82, 2.24) is 4.90 Å². The van der Waals surface area contributed by atoms with Crippen LogP contribution in [0, 0.1) is 46.3 Å². The van der Waals surface area contributed by atoms with Crippen LogP contribution in [0.4, 0.5) is 0 Å². The summed E-state index contributed by atoms with van der Waals surface area (Å²) in [6, 6.07) is 0. The first kappa shape index (κ1) is 35.4. The van der Waals surface area contributed by atoms with Crippen LogP contribution in [0.3, 0.4) is 0 Å². The highest BCUT2D eigenvalue weighted by Crippen LogP contribution is 2.72. The molecule has 4 aliphatic rings. The Morgan fingerprint density at radius 1 is 0.860 bits per heavy atom. The highest BCUT2D eigenvalue weighted by molar-refractivity contribution is 5.36. The van der Waals surface area contributed by atoms with Gasteiger partial charge < -0.3 is 24.1 Å². The van der Waals surface area contributed by atoms with Crippen molar-refractivity contribution < 1.29 is 24.1 Å². The molecule has 250 valence electrons. The van der Waals surface area contributed by atoms with Gasteiger partial charge in [-0.25, -0.2) is 0 Å². The van der Waals surface area contributed by atoms with Crippen LogP contribution >= 0.6 is 0 Å². The number of likely N-dealkylation sites (N-methyl/N-ethyl adjacent to an activating group) is 1. The molecular formula is C37H67NO5. The van der Waals surface area contributed by atoms with Gasteiger partial charge in [-0.15, -0.1) is 0 Å². The molecule has 0 aromatic heterocycles. The third-order valence-electron chi connectivity index (χ3n) is 12.8. The van der Waals surface area contributed by atoms with Gasteiger partial charge in [-0.05, 0) is 115 Å². The zero-order valence-electron chi connectivity index (χ0n) is 29.8. The van der Waals surface area contributed by atoms with E-state index in [1.807, 2.05) is 20.8 Å². The smallest absolute Gasteiger partial charge is 0.269 e. The van der Waals surface area contributed by atoms with Gasteiger partial charge in [-0.1, -0.05) is 65.5 Å². The molecule has 0 radical (unpaired) electrons. The summed E-state index contributed by atoms with van der Waals surface area (Å²) in [6.07, 6.45) is 13.0. The maximum absolute atomic E-state index is 12.6. The molecule has 3 fully saturated rings. The highest BCUT2D eigenvalue weighted by atomic mass is 16.8. The molecule has 0 bridgehead atoms. The van der Waals surface area contributed by atoms with E-state index in [-0.39, 0.29) is 0 Å². The van der Waals surface area contributed by atoms with E-state index in [9.17, 15) is 5.11 Å². The molecule has 0 aliphatic heterocycles. The van der Waals surface area contributed by atoms with Crippen molar-refractivity contribution in [3.63, 3.8) is 0 Å². The van der Waals surface area contributed by atoms with Crippen LogP contribution in [0.2, 0.25) is 0 Å². The first-order valence-corrected chi connectivity index (χ1v) is 17.9. The fraction of sp³-hybridized carbons (Fsp3) is 0.946. The predicted octanol–water partition coefficient (Wildman–Crippen LogP) is 8.04. The molecular weight excluding hydrogens is 538 g/mol. The van der Waals surface area contributed by atoms with Gasteiger partial charge in [-0.2, -0.15) is 0 Å². The molecule has 4 rings (SSSR count). The lowest BCUT2D eigenvalue weighted by atomic mass is 9.43. The van der Waals surface area contributed by atoms with Gasteiger partial charge in [-0.3, -0.25) is 4.90 Å². The van der Waals surface area contributed by atoms with Gasteiger partial charge in [0.2, 0.25) is 5.79 Å². The Hall–Kier alpha value is -0.500. The molecule has 43 heavy (non-hydrogen) atoms.